The van der Waals surface area contributed by atoms with Gasteiger partial charge in [0.25, 0.3) is 0 Å². The average Bonchev–Trinajstić information content (AvgIpc) is 2.22. The second-order valence-corrected chi connectivity index (χ2v) is 6.23. The number of esters is 1. The van der Waals surface area contributed by atoms with E-state index in [9.17, 15) is 13.2 Å². The third-order valence-corrected chi connectivity index (χ3v) is 4.28. The summed E-state index contributed by atoms with van der Waals surface area (Å²) in [7, 11) is -0.207. The zero-order valence-electron chi connectivity index (χ0n) is 10.4. The zero-order chi connectivity index (χ0) is 12.8. The van der Waals surface area contributed by atoms with Crippen LogP contribution in [0.3, 0.4) is 0 Å². The van der Waals surface area contributed by atoms with Gasteiger partial charge in [0, 0.05) is 14.1 Å². The van der Waals surface area contributed by atoms with E-state index in [0.717, 1.165) is 6.42 Å². The second kappa shape index (κ2) is 6.85. The number of carbonyl (C=O) groups is 1. The van der Waals surface area contributed by atoms with E-state index in [1.54, 1.807) is 6.92 Å². The number of hydrogen-bond acceptors (Lipinski definition) is 4. The van der Waals surface area contributed by atoms with Crippen LogP contribution < -0.4 is 0 Å². The minimum atomic E-state index is -3.18. The van der Waals surface area contributed by atoms with Crippen molar-refractivity contribution in [2.75, 3.05) is 26.5 Å². The van der Waals surface area contributed by atoms with Crippen molar-refractivity contribution in [2.45, 2.75) is 26.7 Å². The van der Waals surface area contributed by atoms with Crippen LogP contribution in [-0.4, -0.2) is 45.1 Å². The lowest BCUT2D eigenvalue weighted by molar-refractivity contribution is -0.148. The third kappa shape index (κ3) is 5.46. The minimum Gasteiger partial charge on any atom is -0.465 e. The molecule has 0 bridgehead atoms. The van der Waals surface area contributed by atoms with Gasteiger partial charge in [-0.05, 0) is 12.8 Å². The lowest BCUT2D eigenvalue weighted by Gasteiger charge is -2.12. The Labute approximate surface area is 97.8 Å². The molecule has 0 saturated heterocycles. The quantitative estimate of drug-likeness (QED) is 0.497. The van der Waals surface area contributed by atoms with Gasteiger partial charge in [-0.15, -0.1) is 0 Å². The van der Waals surface area contributed by atoms with Gasteiger partial charge in [0.2, 0.25) is 10.0 Å². The molecule has 0 aliphatic carbocycles. The Balaban J connectivity index is 3.82. The number of sulfonamides is 1. The maximum atomic E-state index is 11.4. The molecule has 0 aromatic rings. The van der Waals surface area contributed by atoms with Crippen LogP contribution in [0.5, 0.6) is 0 Å². The third-order valence-electron chi connectivity index (χ3n) is 2.36. The average molecular weight is 251 g/mol. The molecule has 0 aliphatic rings. The summed E-state index contributed by atoms with van der Waals surface area (Å²) in [5, 5.41) is 0. The Kier molecular flexibility index (Phi) is 6.59. The Morgan fingerprint density at radius 3 is 2.38 bits per heavy atom. The van der Waals surface area contributed by atoms with Crippen LogP contribution in [-0.2, 0) is 19.6 Å². The topological polar surface area (TPSA) is 63.7 Å². The molecule has 5 nitrogen and oxygen atoms in total. The van der Waals surface area contributed by atoms with Gasteiger partial charge in [-0.3, -0.25) is 4.79 Å². The SMILES string of the molecule is CCC(C)C(=O)OCCCS(=O)(=O)N(C)C. The molecular weight excluding hydrogens is 230 g/mol. The Morgan fingerprint density at radius 2 is 1.94 bits per heavy atom. The second-order valence-electron chi connectivity index (χ2n) is 3.93. The number of carbonyl (C=O) groups excluding carboxylic acids is 1. The van der Waals surface area contributed by atoms with Gasteiger partial charge in [0.15, 0.2) is 0 Å². The molecular formula is C10H21NO4S. The number of hydrogen-bond donors (Lipinski definition) is 0. The highest BCUT2D eigenvalue weighted by atomic mass is 32.2. The van der Waals surface area contributed by atoms with Gasteiger partial charge in [-0.1, -0.05) is 13.8 Å². The van der Waals surface area contributed by atoms with Crippen LogP contribution in [0.4, 0.5) is 0 Å². The first-order valence-electron chi connectivity index (χ1n) is 5.38. The van der Waals surface area contributed by atoms with Crippen molar-refractivity contribution in [2.24, 2.45) is 5.92 Å². The van der Waals surface area contributed by atoms with Crippen molar-refractivity contribution in [3.63, 3.8) is 0 Å². The largest absolute Gasteiger partial charge is 0.465 e. The van der Waals surface area contributed by atoms with Crippen molar-refractivity contribution in [1.82, 2.24) is 4.31 Å². The van der Waals surface area contributed by atoms with Gasteiger partial charge in [0.05, 0.1) is 18.3 Å². The summed E-state index contributed by atoms with van der Waals surface area (Å²) in [5.41, 5.74) is 0. The van der Waals surface area contributed by atoms with Crippen LogP contribution >= 0.6 is 0 Å². The summed E-state index contributed by atoms with van der Waals surface area (Å²) >= 11 is 0. The molecule has 0 spiro atoms. The smallest absolute Gasteiger partial charge is 0.308 e. The van der Waals surface area contributed by atoms with E-state index in [-0.39, 0.29) is 24.2 Å². The van der Waals surface area contributed by atoms with Crippen molar-refractivity contribution in [3.8, 4) is 0 Å². The van der Waals surface area contributed by atoms with Gasteiger partial charge < -0.3 is 4.74 Å². The molecule has 6 heteroatoms. The molecule has 0 aromatic heterocycles. The summed E-state index contributed by atoms with van der Waals surface area (Å²) in [4.78, 5) is 11.3. The highest BCUT2D eigenvalue weighted by Gasteiger charge is 2.15. The van der Waals surface area contributed by atoms with E-state index >= 15 is 0 Å². The fourth-order valence-electron chi connectivity index (χ4n) is 0.906. The Morgan fingerprint density at radius 1 is 1.38 bits per heavy atom. The van der Waals surface area contributed by atoms with E-state index in [0.29, 0.717) is 6.42 Å². The van der Waals surface area contributed by atoms with Crippen LogP contribution in [0.1, 0.15) is 26.7 Å². The predicted molar refractivity (Wildman–Crippen MR) is 62.5 cm³/mol. The lowest BCUT2D eigenvalue weighted by atomic mass is 10.1. The van der Waals surface area contributed by atoms with Crippen molar-refractivity contribution < 1.29 is 17.9 Å². The standard InChI is InChI=1S/C10H21NO4S/c1-5-9(2)10(12)15-7-6-8-16(13,14)11(3)4/h9H,5-8H2,1-4H3. The summed E-state index contributed by atoms with van der Waals surface area (Å²) in [6.45, 7) is 3.86. The fraction of sp³-hybridized carbons (Fsp3) is 0.900. The molecule has 0 amide bonds. The van der Waals surface area contributed by atoms with Gasteiger partial charge in [0.1, 0.15) is 0 Å². The van der Waals surface area contributed by atoms with E-state index < -0.39 is 10.0 Å². The highest BCUT2D eigenvalue weighted by Crippen LogP contribution is 2.04. The molecule has 0 N–H and O–H groups in total. The number of nitrogens with zero attached hydrogens (tertiary/aromatic N) is 1. The molecule has 96 valence electrons. The molecule has 1 atom stereocenters. The van der Waals surface area contributed by atoms with Crippen LogP contribution in [0, 0.1) is 5.92 Å². The summed E-state index contributed by atoms with van der Waals surface area (Å²) in [6, 6.07) is 0. The van der Waals surface area contributed by atoms with Crippen molar-refractivity contribution in [1.29, 1.82) is 0 Å². The van der Waals surface area contributed by atoms with Crippen molar-refractivity contribution >= 4 is 16.0 Å². The van der Waals surface area contributed by atoms with Crippen molar-refractivity contribution in [3.05, 3.63) is 0 Å². The first-order chi connectivity index (χ1) is 7.31. The van der Waals surface area contributed by atoms with Gasteiger partial charge in [-0.2, -0.15) is 0 Å². The predicted octanol–water partition coefficient (Wildman–Crippen LogP) is 0.857. The van der Waals surface area contributed by atoms with Crippen LogP contribution in [0.2, 0.25) is 0 Å². The number of ether oxygens (including phenoxy) is 1. The van der Waals surface area contributed by atoms with E-state index in [1.165, 1.54) is 18.4 Å². The summed E-state index contributed by atoms with van der Waals surface area (Å²) in [5.74, 6) is -0.372. The summed E-state index contributed by atoms with van der Waals surface area (Å²) < 4.78 is 28.8. The van der Waals surface area contributed by atoms with Gasteiger partial charge in [-0.25, -0.2) is 12.7 Å². The van der Waals surface area contributed by atoms with Gasteiger partial charge >= 0.3 is 5.97 Å². The molecule has 0 radical (unpaired) electrons. The number of rotatable bonds is 7. The maximum Gasteiger partial charge on any atom is 0.308 e. The molecule has 0 rings (SSSR count). The van der Waals surface area contributed by atoms with E-state index in [4.69, 9.17) is 4.74 Å². The molecule has 0 heterocycles. The normalized spacial score (nSPS) is 13.8. The molecule has 0 saturated carbocycles. The van der Waals surface area contributed by atoms with Crippen LogP contribution in [0.15, 0.2) is 0 Å². The molecule has 1 unspecified atom stereocenters. The van der Waals surface area contributed by atoms with E-state index in [2.05, 4.69) is 0 Å². The van der Waals surface area contributed by atoms with E-state index in [1.807, 2.05) is 6.92 Å². The zero-order valence-corrected chi connectivity index (χ0v) is 11.2. The molecule has 16 heavy (non-hydrogen) atoms. The maximum absolute atomic E-state index is 11.4. The van der Waals surface area contributed by atoms with Crippen LogP contribution in [0.25, 0.3) is 0 Å². The first kappa shape index (κ1) is 15.4. The Bertz CT molecular complexity index is 311. The highest BCUT2D eigenvalue weighted by molar-refractivity contribution is 7.89. The Hall–Kier alpha value is -0.620. The minimum absolute atomic E-state index is 0.00772. The monoisotopic (exact) mass is 251 g/mol. The molecule has 0 aromatic carbocycles. The summed E-state index contributed by atoms with van der Waals surface area (Å²) in [6.07, 6.45) is 1.07. The lowest BCUT2D eigenvalue weighted by Crippen LogP contribution is -2.26. The molecule has 0 fully saturated rings. The fourth-order valence-corrected chi connectivity index (χ4v) is 1.75. The first-order valence-corrected chi connectivity index (χ1v) is 6.99. The molecule has 0 aliphatic heterocycles.